The van der Waals surface area contributed by atoms with E-state index in [1.54, 1.807) is 0 Å². The second kappa shape index (κ2) is 2.03. The highest BCUT2D eigenvalue weighted by atomic mass is 16.9. The van der Waals surface area contributed by atoms with Gasteiger partial charge in [0.15, 0.2) is 0 Å². The molecule has 3 nitrogen and oxygen atoms in total. The molecule has 8 heavy (non-hydrogen) atoms. The summed E-state index contributed by atoms with van der Waals surface area (Å²) < 4.78 is 0. The van der Waals surface area contributed by atoms with Gasteiger partial charge in [0.2, 0.25) is 6.21 Å². The van der Waals surface area contributed by atoms with Crippen LogP contribution < -0.4 is 0 Å². The molecule has 0 spiro atoms. The van der Waals surface area contributed by atoms with Gasteiger partial charge in [0.1, 0.15) is 0 Å². The first-order valence-electron chi connectivity index (χ1n) is 2.71. The lowest BCUT2D eigenvalue weighted by Crippen LogP contribution is -2.20. The fourth-order valence-electron chi connectivity index (χ4n) is 0.587. The monoisotopic (exact) mass is 115 g/mol. The van der Waals surface area contributed by atoms with Gasteiger partial charge in [-0.1, -0.05) is 6.92 Å². The molecule has 1 heterocycles. The second-order valence-corrected chi connectivity index (χ2v) is 2.10. The van der Waals surface area contributed by atoms with Crippen LogP contribution in [0.3, 0.4) is 0 Å². The summed E-state index contributed by atoms with van der Waals surface area (Å²) >= 11 is 0. The molecule has 0 aromatic rings. The fraction of sp³-hybridized carbons (Fsp3) is 0.800. The van der Waals surface area contributed by atoms with E-state index in [1.165, 1.54) is 6.21 Å². The van der Waals surface area contributed by atoms with Crippen LogP contribution in [0.15, 0.2) is 0 Å². The molecule has 0 bridgehead atoms. The van der Waals surface area contributed by atoms with Crippen molar-refractivity contribution in [2.45, 2.75) is 13.3 Å². The average molecular weight is 115 g/mol. The Balaban J connectivity index is 2.42. The van der Waals surface area contributed by atoms with Crippen LogP contribution >= 0.6 is 0 Å². The van der Waals surface area contributed by atoms with Gasteiger partial charge >= 0.3 is 0 Å². The lowest BCUT2D eigenvalue weighted by atomic mass is 10.1. The zero-order valence-electron chi connectivity index (χ0n) is 4.83. The smallest absolute Gasteiger partial charge is 0.210 e. The zero-order valence-corrected chi connectivity index (χ0v) is 4.83. The normalized spacial score (nSPS) is 28.6. The van der Waals surface area contributed by atoms with E-state index in [9.17, 15) is 5.21 Å². The fourth-order valence-corrected chi connectivity index (χ4v) is 0.587. The van der Waals surface area contributed by atoms with Crippen LogP contribution in [0.2, 0.25) is 0 Å². The molecule has 0 aromatic carbocycles. The van der Waals surface area contributed by atoms with Crippen molar-refractivity contribution in [1.82, 2.24) is 0 Å². The molecule has 0 N–H and O–H groups in total. The zero-order chi connectivity index (χ0) is 5.98. The van der Waals surface area contributed by atoms with Gasteiger partial charge < -0.3 is 4.84 Å². The van der Waals surface area contributed by atoms with E-state index >= 15 is 0 Å². The van der Waals surface area contributed by atoms with Crippen molar-refractivity contribution in [3.63, 3.8) is 0 Å². The maximum Gasteiger partial charge on any atom is 0.210 e. The van der Waals surface area contributed by atoms with Gasteiger partial charge in [0, 0.05) is 11.3 Å². The third-order valence-corrected chi connectivity index (χ3v) is 1.14. The minimum atomic E-state index is 0.500. The molecular weight excluding hydrogens is 106 g/mol. The molecule has 1 rings (SSSR count). The Morgan fingerprint density at radius 3 is 3.00 bits per heavy atom. The van der Waals surface area contributed by atoms with Gasteiger partial charge in [-0.15, -0.1) is 0 Å². The van der Waals surface area contributed by atoms with Gasteiger partial charge in [0.25, 0.3) is 0 Å². The molecule has 0 radical (unpaired) electrons. The molecule has 0 saturated heterocycles. The van der Waals surface area contributed by atoms with Crippen LogP contribution in [-0.4, -0.2) is 17.7 Å². The summed E-state index contributed by atoms with van der Waals surface area (Å²) in [5.41, 5.74) is 0. The Morgan fingerprint density at radius 2 is 2.62 bits per heavy atom. The highest BCUT2D eigenvalue weighted by Gasteiger charge is 2.08. The van der Waals surface area contributed by atoms with E-state index in [-0.39, 0.29) is 0 Å². The van der Waals surface area contributed by atoms with E-state index < -0.39 is 0 Å². The van der Waals surface area contributed by atoms with Crippen LogP contribution in [-0.2, 0) is 4.84 Å². The van der Waals surface area contributed by atoms with Gasteiger partial charge in [0.05, 0.1) is 6.61 Å². The summed E-state index contributed by atoms with van der Waals surface area (Å²) in [6.45, 7) is 2.60. The topological polar surface area (TPSA) is 35.3 Å². The first-order chi connectivity index (χ1) is 3.79. The summed E-state index contributed by atoms with van der Waals surface area (Å²) in [5, 5.41) is 10.2. The molecule has 0 saturated carbocycles. The van der Waals surface area contributed by atoms with Crippen molar-refractivity contribution in [2.75, 3.05) is 6.61 Å². The third kappa shape index (κ3) is 1.12. The third-order valence-electron chi connectivity index (χ3n) is 1.14. The average Bonchev–Trinajstić information content (AvgIpc) is 1.77. The van der Waals surface area contributed by atoms with Crippen LogP contribution in [0.1, 0.15) is 13.3 Å². The predicted molar refractivity (Wildman–Crippen MR) is 29.4 cm³/mol. The number of hydrogen-bond donors (Lipinski definition) is 0. The molecule has 0 unspecified atom stereocenters. The lowest BCUT2D eigenvalue weighted by Gasteiger charge is -2.14. The van der Waals surface area contributed by atoms with E-state index in [1.807, 2.05) is 6.92 Å². The molecule has 1 aliphatic heterocycles. The second-order valence-electron chi connectivity index (χ2n) is 2.10. The quantitative estimate of drug-likeness (QED) is 0.432. The molecule has 1 aliphatic rings. The summed E-state index contributed by atoms with van der Waals surface area (Å²) in [6.07, 6.45) is 2.34. The first kappa shape index (κ1) is 5.41. The number of rotatable bonds is 0. The van der Waals surface area contributed by atoms with E-state index in [0.717, 1.165) is 6.42 Å². The summed E-state index contributed by atoms with van der Waals surface area (Å²) in [6, 6.07) is 0. The predicted octanol–water partition coefficient (Wildman–Crippen LogP) is 0.539. The van der Waals surface area contributed by atoms with E-state index in [4.69, 9.17) is 0 Å². The SMILES string of the molecule is C[C@@H]1CC=[N+]([O-])OC1. The van der Waals surface area contributed by atoms with Crippen molar-refractivity contribution in [3.8, 4) is 0 Å². The van der Waals surface area contributed by atoms with Crippen molar-refractivity contribution in [1.29, 1.82) is 0 Å². The maximum atomic E-state index is 10.2. The Bertz CT molecular complexity index is 111. The van der Waals surface area contributed by atoms with E-state index in [0.29, 0.717) is 17.4 Å². The van der Waals surface area contributed by atoms with Crippen molar-refractivity contribution in [3.05, 3.63) is 5.21 Å². The Hall–Kier alpha value is -0.730. The molecule has 0 amide bonds. The van der Waals surface area contributed by atoms with Crippen LogP contribution in [0, 0.1) is 11.1 Å². The molecular formula is C5H9NO2. The number of nitrogens with zero attached hydrogens (tertiary/aromatic N) is 1. The standard InChI is InChI=1S/C5H9NO2/c1-5-2-3-6(7)8-4-5/h3,5H,2,4H2,1H3/t5-/m1/s1. The van der Waals surface area contributed by atoms with Gasteiger partial charge in [-0.2, -0.15) is 0 Å². The molecule has 0 aliphatic carbocycles. The summed E-state index contributed by atoms with van der Waals surface area (Å²) in [7, 11) is 0. The van der Waals surface area contributed by atoms with Crippen LogP contribution in [0.4, 0.5) is 0 Å². The van der Waals surface area contributed by atoms with Gasteiger partial charge in [-0.05, 0) is 5.92 Å². The van der Waals surface area contributed by atoms with Crippen molar-refractivity contribution in [2.24, 2.45) is 5.92 Å². The molecule has 0 fully saturated rings. The summed E-state index contributed by atoms with van der Waals surface area (Å²) in [5.74, 6) is 0.500. The Kier molecular flexibility index (Phi) is 1.37. The van der Waals surface area contributed by atoms with Crippen molar-refractivity contribution < 1.29 is 9.74 Å². The lowest BCUT2D eigenvalue weighted by molar-refractivity contribution is -0.745. The molecule has 0 aromatic heterocycles. The summed E-state index contributed by atoms with van der Waals surface area (Å²) in [4.78, 5) is 5.14. The van der Waals surface area contributed by atoms with Gasteiger partial charge in [-0.3, -0.25) is 5.21 Å². The highest BCUT2D eigenvalue weighted by Crippen LogP contribution is 2.03. The van der Waals surface area contributed by atoms with E-state index in [2.05, 4.69) is 4.84 Å². The van der Waals surface area contributed by atoms with Crippen molar-refractivity contribution >= 4 is 6.21 Å². The minimum absolute atomic E-state index is 0.500. The highest BCUT2D eigenvalue weighted by molar-refractivity contribution is 5.51. The number of hydrogen-bond acceptors (Lipinski definition) is 2. The largest absolute Gasteiger partial charge is 0.403 e. The van der Waals surface area contributed by atoms with Crippen LogP contribution in [0.25, 0.3) is 0 Å². The molecule has 46 valence electrons. The minimum Gasteiger partial charge on any atom is -0.403 e. The first-order valence-corrected chi connectivity index (χ1v) is 2.71. The van der Waals surface area contributed by atoms with Crippen LogP contribution in [0.5, 0.6) is 0 Å². The maximum absolute atomic E-state index is 10.2. The Labute approximate surface area is 48.1 Å². The Morgan fingerprint density at radius 1 is 1.88 bits per heavy atom. The molecule has 3 heteroatoms. The van der Waals surface area contributed by atoms with Gasteiger partial charge in [-0.25, -0.2) is 0 Å². The molecule has 1 atom stereocenters.